The summed E-state index contributed by atoms with van der Waals surface area (Å²) in [5, 5.41) is 12.9. The van der Waals surface area contributed by atoms with E-state index in [2.05, 4.69) is 20.3 Å². The number of nitrogens with one attached hydrogen (secondary N) is 1. The number of halogens is 3. The number of hydrogen-bond donors (Lipinski definition) is 2. The van der Waals surface area contributed by atoms with E-state index < -0.39 is 38.8 Å². The summed E-state index contributed by atoms with van der Waals surface area (Å²) in [5.41, 5.74) is -3.11. The molecular weight excluding hydrogens is 445 g/mol. The molecule has 0 saturated carbocycles. The highest BCUT2D eigenvalue weighted by molar-refractivity contribution is 7.90. The SMILES string of the molecule is Cc1nc(N[C@H](C)c2cccc(C(F)(F)C(C)(C)O)c2F)c2cc(S(C)(=O)=O)ncc2n1. The van der Waals surface area contributed by atoms with Gasteiger partial charge < -0.3 is 10.4 Å². The predicted octanol–water partition coefficient (Wildman–Crippen LogP) is 3.91. The number of anilines is 1. The molecule has 2 N–H and O–H groups in total. The number of nitrogens with zero attached hydrogens (tertiary/aromatic N) is 3. The molecule has 1 atom stereocenters. The minimum absolute atomic E-state index is 0.0757. The van der Waals surface area contributed by atoms with Gasteiger partial charge in [-0.2, -0.15) is 8.78 Å². The zero-order valence-corrected chi connectivity index (χ0v) is 18.9. The lowest BCUT2D eigenvalue weighted by Gasteiger charge is -2.30. The van der Waals surface area contributed by atoms with Gasteiger partial charge in [0.25, 0.3) is 0 Å². The van der Waals surface area contributed by atoms with E-state index in [1.165, 1.54) is 24.4 Å². The second-order valence-electron chi connectivity index (χ2n) is 8.14. The largest absolute Gasteiger partial charge is 0.384 e. The van der Waals surface area contributed by atoms with Crippen LogP contribution in [0.2, 0.25) is 0 Å². The molecule has 7 nitrogen and oxygen atoms in total. The normalized spacial score (nSPS) is 13.9. The van der Waals surface area contributed by atoms with E-state index in [4.69, 9.17) is 0 Å². The van der Waals surface area contributed by atoms with Crippen LogP contribution < -0.4 is 5.32 Å². The van der Waals surface area contributed by atoms with Crippen LogP contribution in [0.3, 0.4) is 0 Å². The molecule has 32 heavy (non-hydrogen) atoms. The first-order valence-corrected chi connectivity index (χ1v) is 11.5. The topological polar surface area (TPSA) is 105 Å². The number of aliphatic hydroxyl groups is 1. The first-order valence-electron chi connectivity index (χ1n) is 9.63. The van der Waals surface area contributed by atoms with Gasteiger partial charge in [-0.05, 0) is 39.8 Å². The molecule has 0 aliphatic rings. The molecule has 0 saturated heterocycles. The molecule has 11 heteroatoms. The Balaban J connectivity index is 2.08. The minimum Gasteiger partial charge on any atom is -0.384 e. The van der Waals surface area contributed by atoms with E-state index in [0.717, 1.165) is 26.2 Å². The van der Waals surface area contributed by atoms with Crippen LogP contribution in [0.1, 0.15) is 43.8 Å². The summed E-state index contributed by atoms with van der Waals surface area (Å²) >= 11 is 0. The van der Waals surface area contributed by atoms with E-state index in [1.54, 1.807) is 13.8 Å². The molecular formula is C21H23F3N4O3S. The van der Waals surface area contributed by atoms with Crippen molar-refractivity contribution in [3.8, 4) is 0 Å². The summed E-state index contributed by atoms with van der Waals surface area (Å²) in [5.74, 6) is -4.44. The number of alkyl halides is 2. The molecule has 2 aromatic heterocycles. The van der Waals surface area contributed by atoms with Gasteiger partial charge in [-0.1, -0.05) is 12.1 Å². The van der Waals surface area contributed by atoms with Crippen molar-refractivity contribution >= 4 is 26.6 Å². The maximum atomic E-state index is 15.1. The van der Waals surface area contributed by atoms with Gasteiger partial charge in [0.05, 0.1) is 23.3 Å². The first kappa shape index (κ1) is 23.9. The third kappa shape index (κ3) is 4.40. The fourth-order valence-corrected chi connectivity index (χ4v) is 3.76. The number of benzene rings is 1. The zero-order chi connectivity index (χ0) is 24.1. The van der Waals surface area contributed by atoms with Crippen molar-refractivity contribution in [2.45, 2.75) is 50.3 Å². The van der Waals surface area contributed by atoms with Crippen molar-refractivity contribution in [2.75, 3.05) is 11.6 Å². The lowest BCUT2D eigenvalue weighted by molar-refractivity contribution is -0.170. The van der Waals surface area contributed by atoms with Gasteiger partial charge in [0.1, 0.15) is 23.1 Å². The predicted molar refractivity (Wildman–Crippen MR) is 114 cm³/mol. The first-order chi connectivity index (χ1) is 14.6. The molecule has 3 rings (SSSR count). The summed E-state index contributed by atoms with van der Waals surface area (Å²) in [6.45, 7) is 4.98. The van der Waals surface area contributed by atoms with Crippen LogP contribution in [0.4, 0.5) is 19.0 Å². The average Bonchev–Trinajstić information content (AvgIpc) is 2.65. The lowest BCUT2D eigenvalue weighted by atomic mass is 9.91. The maximum Gasteiger partial charge on any atom is 0.303 e. The number of pyridine rings is 1. The van der Waals surface area contributed by atoms with Gasteiger partial charge in [-0.15, -0.1) is 0 Å². The summed E-state index contributed by atoms with van der Waals surface area (Å²) in [6, 6.07) is 4.02. The van der Waals surface area contributed by atoms with E-state index in [0.29, 0.717) is 16.7 Å². The molecule has 172 valence electrons. The Labute approximate surface area is 183 Å². The van der Waals surface area contributed by atoms with E-state index in [9.17, 15) is 22.3 Å². The van der Waals surface area contributed by atoms with Crippen LogP contribution in [0.5, 0.6) is 0 Å². The maximum absolute atomic E-state index is 15.1. The zero-order valence-electron chi connectivity index (χ0n) is 18.1. The number of hydrogen-bond acceptors (Lipinski definition) is 7. The second kappa shape index (κ2) is 7.96. The summed E-state index contributed by atoms with van der Waals surface area (Å²) < 4.78 is 68.1. The molecule has 0 bridgehead atoms. The van der Waals surface area contributed by atoms with Crippen molar-refractivity contribution in [1.82, 2.24) is 15.0 Å². The molecule has 0 amide bonds. The van der Waals surface area contributed by atoms with Crippen molar-refractivity contribution in [2.24, 2.45) is 0 Å². The fourth-order valence-electron chi connectivity index (χ4n) is 3.18. The summed E-state index contributed by atoms with van der Waals surface area (Å²) in [7, 11) is -3.61. The highest BCUT2D eigenvalue weighted by atomic mass is 32.2. The molecule has 0 aliphatic carbocycles. The fraction of sp³-hybridized carbons (Fsp3) is 0.381. The van der Waals surface area contributed by atoms with Crippen molar-refractivity contribution in [3.05, 3.63) is 53.2 Å². The Morgan fingerprint density at radius 3 is 2.44 bits per heavy atom. The number of aromatic nitrogens is 3. The smallest absolute Gasteiger partial charge is 0.303 e. The van der Waals surface area contributed by atoms with Crippen LogP contribution in [-0.4, -0.2) is 40.3 Å². The standard InChI is InChI=1S/C21H23F3N4O3S/c1-11(13-7-6-8-15(18(13)22)21(23,24)20(3,4)29)26-19-14-9-17(32(5,30)31)25-10-16(14)27-12(2)28-19/h6-11,29H,1-5H3,(H,26,27,28)/t11-/m1/s1. The van der Waals surface area contributed by atoms with Crippen molar-refractivity contribution in [1.29, 1.82) is 0 Å². The van der Waals surface area contributed by atoms with Crippen LogP contribution in [-0.2, 0) is 15.8 Å². The Kier molecular flexibility index (Phi) is 5.94. The second-order valence-corrected chi connectivity index (χ2v) is 10.1. The summed E-state index contributed by atoms with van der Waals surface area (Å²) in [4.78, 5) is 12.4. The number of rotatable bonds is 6. The molecule has 0 radical (unpaired) electrons. The van der Waals surface area contributed by atoms with Crippen LogP contribution in [0.15, 0.2) is 35.5 Å². The highest BCUT2D eigenvalue weighted by Gasteiger charge is 2.49. The Bertz CT molecular complexity index is 1290. The number of aryl methyl sites for hydroxylation is 1. The highest BCUT2D eigenvalue weighted by Crippen LogP contribution is 2.41. The number of fused-ring (bicyclic) bond motifs is 1. The minimum atomic E-state index is -3.83. The number of sulfone groups is 1. The molecule has 1 aromatic carbocycles. The van der Waals surface area contributed by atoms with Crippen LogP contribution >= 0.6 is 0 Å². The molecule has 0 fully saturated rings. The van der Waals surface area contributed by atoms with Crippen LogP contribution in [0, 0.1) is 12.7 Å². The van der Waals surface area contributed by atoms with Gasteiger partial charge in [-0.25, -0.2) is 27.8 Å². The lowest BCUT2D eigenvalue weighted by Crippen LogP contribution is -2.41. The Morgan fingerprint density at radius 1 is 1.19 bits per heavy atom. The van der Waals surface area contributed by atoms with E-state index >= 15 is 4.39 Å². The molecule has 3 aromatic rings. The van der Waals surface area contributed by atoms with Gasteiger partial charge in [0.15, 0.2) is 14.9 Å². The van der Waals surface area contributed by atoms with Crippen molar-refractivity contribution in [3.63, 3.8) is 0 Å². The Morgan fingerprint density at radius 2 is 1.84 bits per heavy atom. The van der Waals surface area contributed by atoms with E-state index in [-0.39, 0.29) is 16.4 Å². The molecule has 0 spiro atoms. The molecule has 0 aliphatic heterocycles. The summed E-state index contributed by atoms with van der Waals surface area (Å²) in [6.07, 6.45) is 2.30. The third-order valence-corrected chi connectivity index (χ3v) is 5.99. The third-order valence-electron chi connectivity index (χ3n) is 5.00. The average molecular weight is 469 g/mol. The van der Waals surface area contributed by atoms with Crippen LogP contribution in [0.25, 0.3) is 10.9 Å². The van der Waals surface area contributed by atoms with Gasteiger partial charge in [0, 0.05) is 17.2 Å². The van der Waals surface area contributed by atoms with Gasteiger partial charge in [-0.3, -0.25) is 0 Å². The van der Waals surface area contributed by atoms with Crippen molar-refractivity contribution < 1.29 is 26.7 Å². The Hall–Kier alpha value is -2.79. The quantitative estimate of drug-likeness (QED) is 0.565. The van der Waals surface area contributed by atoms with Gasteiger partial charge in [0.2, 0.25) is 0 Å². The molecule has 2 heterocycles. The monoisotopic (exact) mass is 468 g/mol. The van der Waals surface area contributed by atoms with Gasteiger partial charge >= 0.3 is 5.92 Å². The molecule has 0 unspecified atom stereocenters. The van der Waals surface area contributed by atoms with E-state index in [1.807, 2.05) is 0 Å².